The lowest BCUT2D eigenvalue weighted by atomic mass is 10.2. The first kappa shape index (κ1) is 11.8. The van der Waals surface area contributed by atoms with E-state index in [-0.39, 0.29) is 16.5 Å². The highest BCUT2D eigenvalue weighted by Crippen LogP contribution is 2.36. The van der Waals surface area contributed by atoms with Crippen molar-refractivity contribution < 1.29 is 13.2 Å². The number of amidine groups is 1. The third kappa shape index (κ3) is 3.13. The van der Waals surface area contributed by atoms with Gasteiger partial charge in [-0.15, -0.1) is 0 Å². The SMILES string of the molecule is CC(N)=Nc1ccc(Cl)c(C(F)(F)F)c1. The van der Waals surface area contributed by atoms with Crippen molar-refractivity contribution in [3.8, 4) is 0 Å². The van der Waals surface area contributed by atoms with Crippen LogP contribution in [0.15, 0.2) is 23.2 Å². The van der Waals surface area contributed by atoms with E-state index in [9.17, 15) is 13.2 Å². The van der Waals surface area contributed by atoms with Crippen LogP contribution >= 0.6 is 11.6 Å². The molecule has 82 valence electrons. The quantitative estimate of drug-likeness (QED) is 0.589. The van der Waals surface area contributed by atoms with Crippen LogP contribution in [0, 0.1) is 0 Å². The van der Waals surface area contributed by atoms with E-state index in [0.717, 1.165) is 12.1 Å². The first-order chi connectivity index (χ1) is 6.80. The van der Waals surface area contributed by atoms with Crippen LogP contribution in [-0.4, -0.2) is 5.84 Å². The molecule has 1 rings (SSSR count). The Morgan fingerprint density at radius 1 is 1.40 bits per heavy atom. The molecule has 0 radical (unpaired) electrons. The molecule has 0 atom stereocenters. The van der Waals surface area contributed by atoms with Crippen LogP contribution in [0.3, 0.4) is 0 Å². The molecule has 0 saturated heterocycles. The van der Waals surface area contributed by atoms with Crippen LogP contribution in [0.4, 0.5) is 18.9 Å². The van der Waals surface area contributed by atoms with Crippen LogP contribution in [0.2, 0.25) is 5.02 Å². The highest BCUT2D eigenvalue weighted by molar-refractivity contribution is 6.31. The number of alkyl halides is 3. The minimum Gasteiger partial charge on any atom is -0.387 e. The molecular formula is C9H8ClF3N2. The van der Waals surface area contributed by atoms with Gasteiger partial charge in [0, 0.05) is 0 Å². The number of nitrogens with two attached hydrogens (primary N) is 1. The van der Waals surface area contributed by atoms with Gasteiger partial charge in [-0.2, -0.15) is 13.2 Å². The van der Waals surface area contributed by atoms with Gasteiger partial charge >= 0.3 is 6.18 Å². The fraction of sp³-hybridized carbons (Fsp3) is 0.222. The Morgan fingerprint density at radius 2 is 2.00 bits per heavy atom. The molecule has 0 aliphatic rings. The molecule has 1 aromatic rings. The summed E-state index contributed by atoms with van der Waals surface area (Å²) >= 11 is 5.42. The maximum atomic E-state index is 12.4. The summed E-state index contributed by atoms with van der Waals surface area (Å²) in [5.41, 5.74) is 4.48. The summed E-state index contributed by atoms with van der Waals surface area (Å²) in [5, 5.41) is -0.351. The van der Waals surface area contributed by atoms with Crippen LogP contribution in [0.5, 0.6) is 0 Å². The van der Waals surface area contributed by atoms with Gasteiger partial charge in [0.15, 0.2) is 0 Å². The molecule has 0 heterocycles. The van der Waals surface area contributed by atoms with E-state index in [4.69, 9.17) is 17.3 Å². The van der Waals surface area contributed by atoms with Crippen molar-refractivity contribution in [2.24, 2.45) is 10.7 Å². The van der Waals surface area contributed by atoms with Crippen LogP contribution < -0.4 is 5.73 Å². The lowest BCUT2D eigenvalue weighted by molar-refractivity contribution is -0.137. The van der Waals surface area contributed by atoms with Crippen molar-refractivity contribution in [1.82, 2.24) is 0 Å². The summed E-state index contributed by atoms with van der Waals surface area (Å²) < 4.78 is 37.2. The number of nitrogens with zero attached hydrogens (tertiary/aromatic N) is 1. The van der Waals surface area contributed by atoms with Crippen molar-refractivity contribution in [3.63, 3.8) is 0 Å². The zero-order valence-corrected chi connectivity index (χ0v) is 8.52. The lowest BCUT2D eigenvalue weighted by Gasteiger charge is -2.09. The van der Waals surface area contributed by atoms with Crippen LogP contribution in [0.1, 0.15) is 12.5 Å². The molecule has 6 heteroatoms. The minimum absolute atomic E-state index is 0.131. The first-order valence-corrected chi connectivity index (χ1v) is 4.36. The maximum absolute atomic E-state index is 12.4. The number of hydrogen-bond acceptors (Lipinski definition) is 1. The van der Waals surface area contributed by atoms with Gasteiger partial charge in [0.05, 0.1) is 22.1 Å². The number of rotatable bonds is 1. The van der Waals surface area contributed by atoms with Gasteiger partial charge in [0.1, 0.15) is 0 Å². The molecule has 0 spiro atoms. The summed E-state index contributed by atoms with van der Waals surface area (Å²) in [6.45, 7) is 1.49. The third-order valence-electron chi connectivity index (χ3n) is 1.56. The molecule has 0 bridgehead atoms. The second-order valence-electron chi connectivity index (χ2n) is 2.92. The second kappa shape index (κ2) is 4.10. The molecule has 0 aromatic heterocycles. The third-order valence-corrected chi connectivity index (χ3v) is 1.89. The van der Waals surface area contributed by atoms with E-state index >= 15 is 0 Å². The molecule has 2 N–H and O–H groups in total. The Bertz CT molecular complexity index is 395. The largest absolute Gasteiger partial charge is 0.417 e. The number of hydrogen-bond donors (Lipinski definition) is 1. The Kier molecular flexibility index (Phi) is 3.24. The van der Waals surface area contributed by atoms with Gasteiger partial charge in [0.2, 0.25) is 0 Å². The summed E-state index contributed by atoms with van der Waals surface area (Å²) in [6.07, 6.45) is -4.48. The Labute approximate surface area is 89.6 Å². The van der Waals surface area contributed by atoms with Crippen LogP contribution in [0.25, 0.3) is 0 Å². The normalized spacial score (nSPS) is 13.0. The van der Waals surface area contributed by atoms with E-state index in [0.29, 0.717) is 0 Å². The van der Waals surface area contributed by atoms with Gasteiger partial charge in [-0.25, -0.2) is 4.99 Å². The summed E-state index contributed by atoms with van der Waals surface area (Å²) in [5.74, 6) is 0.186. The van der Waals surface area contributed by atoms with Gasteiger partial charge in [-0.3, -0.25) is 0 Å². The van der Waals surface area contributed by atoms with E-state index in [1.165, 1.54) is 13.0 Å². The molecule has 1 aromatic carbocycles. The number of halogens is 4. The summed E-state index contributed by atoms with van der Waals surface area (Å²) in [7, 11) is 0. The average Bonchev–Trinajstić information content (AvgIpc) is 2.05. The van der Waals surface area contributed by atoms with Gasteiger partial charge in [-0.05, 0) is 25.1 Å². The van der Waals surface area contributed by atoms with Crippen LogP contribution in [-0.2, 0) is 6.18 Å². The highest BCUT2D eigenvalue weighted by atomic mass is 35.5. The molecule has 2 nitrogen and oxygen atoms in total. The first-order valence-electron chi connectivity index (χ1n) is 3.98. The van der Waals surface area contributed by atoms with Crippen molar-refractivity contribution >= 4 is 23.1 Å². The molecule has 0 amide bonds. The second-order valence-corrected chi connectivity index (χ2v) is 3.32. The molecule has 0 aliphatic carbocycles. The van der Waals surface area contributed by atoms with Crippen molar-refractivity contribution in [2.45, 2.75) is 13.1 Å². The Hall–Kier alpha value is -1.23. The number of benzene rings is 1. The van der Waals surface area contributed by atoms with Gasteiger partial charge in [0.25, 0.3) is 0 Å². The van der Waals surface area contributed by atoms with Crippen molar-refractivity contribution in [1.29, 1.82) is 0 Å². The zero-order chi connectivity index (χ0) is 11.6. The van der Waals surface area contributed by atoms with E-state index in [2.05, 4.69) is 4.99 Å². The Morgan fingerprint density at radius 3 is 2.47 bits per heavy atom. The molecule has 0 unspecified atom stereocenters. The fourth-order valence-electron chi connectivity index (χ4n) is 1.00. The van der Waals surface area contributed by atoms with Gasteiger partial charge in [-0.1, -0.05) is 11.6 Å². The summed E-state index contributed by atoms with van der Waals surface area (Å²) in [4.78, 5) is 3.71. The van der Waals surface area contributed by atoms with Crippen molar-refractivity contribution in [3.05, 3.63) is 28.8 Å². The summed E-state index contributed by atoms with van der Waals surface area (Å²) in [6, 6.07) is 3.37. The van der Waals surface area contributed by atoms with E-state index in [1.54, 1.807) is 0 Å². The minimum atomic E-state index is -4.48. The highest BCUT2D eigenvalue weighted by Gasteiger charge is 2.33. The molecule has 0 saturated carbocycles. The maximum Gasteiger partial charge on any atom is 0.417 e. The topological polar surface area (TPSA) is 38.4 Å². The smallest absolute Gasteiger partial charge is 0.387 e. The monoisotopic (exact) mass is 236 g/mol. The van der Waals surface area contributed by atoms with Gasteiger partial charge < -0.3 is 5.73 Å². The Balaban J connectivity index is 3.23. The zero-order valence-electron chi connectivity index (χ0n) is 7.77. The lowest BCUT2D eigenvalue weighted by Crippen LogP contribution is -2.06. The van der Waals surface area contributed by atoms with Crippen molar-refractivity contribution in [2.75, 3.05) is 0 Å². The average molecular weight is 237 g/mol. The predicted molar refractivity (Wildman–Crippen MR) is 53.4 cm³/mol. The van der Waals surface area contributed by atoms with E-state index < -0.39 is 11.7 Å². The molecule has 15 heavy (non-hydrogen) atoms. The number of aliphatic imine (C=N–C) groups is 1. The molecule has 0 fully saturated rings. The standard InChI is InChI=1S/C9H8ClF3N2/c1-5(14)15-6-2-3-8(10)7(4-6)9(11,12)13/h2-4H,1H3,(H2,14,15). The predicted octanol–water partition coefficient (Wildman–Crippen LogP) is 3.37. The van der Waals surface area contributed by atoms with E-state index in [1.807, 2.05) is 0 Å². The molecular weight excluding hydrogens is 229 g/mol. The fourth-order valence-corrected chi connectivity index (χ4v) is 1.23. The molecule has 0 aliphatic heterocycles.